The number of aromatic nitrogens is 2. The second kappa shape index (κ2) is 4.42. The Labute approximate surface area is 53.4 Å². The van der Waals surface area contributed by atoms with E-state index >= 15 is 0 Å². The van der Waals surface area contributed by atoms with Crippen LogP contribution in [0.25, 0.3) is 0 Å². The van der Waals surface area contributed by atoms with E-state index in [0.717, 1.165) is 0 Å². The highest BCUT2D eigenvalue weighted by Gasteiger charge is 1.77. The molecule has 1 rings (SSSR count). The lowest BCUT2D eigenvalue weighted by Crippen LogP contribution is -2.19. The molecule has 6 heteroatoms. The number of hydrogen-bond acceptors (Lipinski definition) is 2. The lowest BCUT2D eigenvalue weighted by atomic mass is 10.7. The minimum atomic E-state index is -0.475. The molecule has 56 valence electrons. The molecule has 1 heterocycles. The van der Waals surface area contributed by atoms with E-state index < -0.39 is 5.69 Å². The third-order valence-corrected chi connectivity index (χ3v) is 0.686. The van der Waals surface area contributed by atoms with Gasteiger partial charge in [-0.25, -0.2) is 4.79 Å². The lowest BCUT2D eigenvalue weighted by molar-refractivity contribution is 0.108. The van der Waals surface area contributed by atoms with E-state index in [1.165, 1.54) is 12.3 Å². The number of nitrogens with one attached hydrogen (secondary N) is 2. The van der Waals surface area contributed by atoms with E-state index in [0.29, 0.717) is 0 Å². The lowest BCUT2D eigenvalue weighted by Gasteiger charge is -1.75. The Bertz CT molecular complexity index is 254. The summed E-state index contributed by atoms with van der Waals surface area (Å²) in [4.78, 5) is 24.7. The van der Waals surface area contributed by atoms with E-state index in [2.05, 4.69) is 4.98 Å². The van der Waals surface area contributed by atoms with Crippen LogP contribution in [0.2, 0.25) is 0 Å². The van der Waals surface area contributed by atoms with Gasteiger partial charge < -0.3 is 4.98 Å². The van der Waals surface area contributed by atoms with Crippen LogP contribution in [0.1, 0.15) is 0 Å². The summed E-state index contributed by atoms with van der Waals surface area (Å²) >= 11 is 0. The maximum Gasteiger partial charge on any atom is 0.325 e. The van der Waals surface area contributed by atoms with Crippen molar-refractivity contribution in [3.05, 3.63) is 33.1 Å². The van der Waals surface area contributed by atoms with Crippen LogP contribution in [0, 0.1) is 0 Å². The number of hydrogen-bond donors (Lipinski definition) is 2. The molecule has 0 unspecified atom stereocenters. The third-order valence-electron chi connectivity index (χ3n) is 0.686. The Kier molecular flexibility index (Phi) is 3.78. The van der Waals surface area contributed by atoms with Gasteiger partial charge in [0.05, 0.1) is 0 Å². The molecule has 0 saturated heterocycles. The largest absolute Gasteiger partial charge is 0.325 e. The van der Waals surface area contributed by atoms with Crippen LogP contribution in [-0.2, 0) is 0 Å². The Morgan fingerprint density at radius 3 is 2.20 bits per heavy atom. The molecule has 0 radical (unpaired) electrons. The molecule has 0 saturated carbocycles. The predicted molar refractivity (Wildman–Crippen MR) is 29.9 cm³/mol. The fraction of sp³-hybridized carbons (Fsp3) is 0. The molecular weight excluding hydrogens is 146 g/mol. The van der Waals surface area contributed by atoms with Gasteiger partial charge in [-0.3, -0.25) is 9.78 Å². The van der Waals surface area contributed by atoms with Crippen LogP contribution in [0.5, 0.6) is 0 Å². The molecule has 0 aliphatic rings. The van der Waals surface area contributed by atoms with Gasteiger partial charge in [-0.2, -0.15) is 0 Å². The van der Waals surface area contributed by atoms with Crippen molar-refractivity contribution in [2.75, 3.05) is 0 Å². The summed E-state index contributed by atoms with van der Waals surface area (Å²) < 4.78 is 16.0. The van der Waals surface area contributed by atoms with Gasteiger partial charge in [0.25, 0.3) is 5.56 Å². The molecule has 0 amide bonds. The quantitative estimate of drug-likeness (QED) is 0.542. The Hall–Kier alpha value is -1.46. The fourth-order valence-corrected chi connectivity index (χ4v) is 0.383. The highest BCUT2D eigenvalue weighted by Crippen LogP contribution is 1.51. The van der Waals surface area contributed by atoms with E-state index in [4.69, 9.17) is 9.15 Å². The van der Waals surface area contributed by atoms with Crippen molar-refractivity contribution < 1.29 is 9.15 Å². The molecule has 0 fully saturated rings. The first-order valence-corrected chi connectivity index (χ1v) is 2.21. The molecule has 4 nitrogen and oxygen atoms in total. The Morgan fingerprint density at radius 1 is 1.30 bits per heavy atom. The fourth-order valence-electron chi connectivity index (χ4n) is 0.383. The van der Waals surface area contributed by atoms with E-state index in [-0.39, 0.29) is 5.56 Å². The molecule has 10 heavy (non-hydrogen) atoms. The zero-order valence-electron chi connectivity index (χ0n) is 4.73. The number of rotatable bonds is 0. The van der Waals surface area contributed by atoms with Crippen LogP contribution in [0.4, 0.5) is 9.15 Å². The average molecular weight is 150 g/mol. The predicted octanol–water partition coefficient (Wildman–Crippen LogP) is -0.0964. The molecule has 0 spiro atoms. The smallest absolute Gasteiger partial charge is 0.314 e. The van der Waals surface area contributed by atoms with Crippen molar-refractivity contribution in [3.8, 4) is 0 Å². The summed E-state index contributed by atoms with van der Waals surface area (Å²) in [6, 6.07) is 1.24. The molecule has 0 atom stereocenters. The first-order chi connectivity index (χ1) is 4.79. The minimum absolute atomic E-state index is 0.381. The highest BCUT2D eigenvalue weighted by atomic mass is 20.0. The normalized spacial score (nSPS) is 7.80. The first-order valence-electron chi connectivity index (χ1n) is 2.21. The number of aromatic amines is 2. The first kappa shape index (κ1) is 8.54. The van der Waals surface area contributed by atoms with E-state index in [9.17, 15) is 9.59 Å². The number of halogens is 2. The summed E-state index contributed by atoms with van der Waals surface area (Å²) in [5, 5.41) is 0. The monoisotopic (exact) mass is 150 g/mol. The van der Waals surface area contributed by atoms with Crippen molar-refractivity contribution >= 4 is 0 Å². The summed E-state index contributed by atoms with van der Waals surface area (Å²) in [7, 11) is 0. The van der Waals surface area contributed by atoms with Crippen LogP contribution in [-0.4, -0.2) is 9.97 Å². The van der Waals surface area contributed by atoms with Crippen LogP contribution < -0.4 is 11.2 Å². The summed E-state index contributed by atoms with van der Waals surface area (Å²) in [6.45, 7) is 0. The summed E-state index contributed by atoms with van der Waals surface area (Å²) in [5.74, 6) is 0. The molecule has 0 aromatic carbocycles. The third kappa shape index (κ3) is 2.75. The topological polar surface area (TPSA) is 65.7 Å². The maximum absolute atomic E-state index is 10.2. The minimum Gasteiger partial charge on any atom is -0.314 e. The van der Waals surface area contributed by atoms with E-state index in [1.807, 2.05) is 4.98 Å². The van der Waals surface area contributed by atoms with Crippen LogP contribution >= 0.6 is 0 Å². The van der Waals surface area contributed by atoms with Gasteiger partial charge in [-0.1, -0.05) is 0 Å². The number of H-pyrrole nitrogens is 2. The zero-order valence-corrected chi connectivity index (χ0v) is 4.73. The second-order valence-corrected chi connectivity index (χ2v) is 1.30. The Morgan fingerprint density at radius 2 is 1.90 bits per heavy atom. The van der Waals surface area contributed by atoms with Crippen molar-refractivity contribution in [2.24, 2.45) is 0 Å². The van der Waals surface area contributed by atoms with Gasteiger partial charge in [0.2, 0.25) is 0 Å². The summed E-state index contributed by atoms with van der Waals surface area (Å²) in [6.07, 6.45) is 1.29. The molecule has 1 aromatic rings. The Balaban J connectivity index is 0.000000371. The van der Waals surface area contributed by atoms with Gasteiger partial charge in [0.1, 0.15) is 0 Å². The van der Waals surface area contributed by atoms with Gasteiger partial charge in [0.15, 0.2) is 0 Å². The van der Waals surface area contributed by atoms with Crippen molar-refractivity contribution in [1.29, 1.82) is 0 Å². The molecule has 0 aliphatic heterocycles. The van der Waals surface area contributed by atoms with Crippen LogP contribution in [0.15, 0.2) is 21.9 Å². The van der Waals surface area contributed by atoms with E-state index in [1.54, 1.807) is 0 Å². The molecule has 1 aromatic heterocycles. The second-order valence-electron chi connectivity index (χ2n) is 1.30. The van der Waals surface area contributed by atoms with Gasteiger partial charge in [-0.05, 0) is 0 Å². The molecule has 0 bridgehead atoms. The highest BCUT2D eigenvalue weighted by molar-refractivity contribution is 4.77. The van der Waals surface area contributed by atoms with Gasteiger partial charge >= 0.3 is 5.69 Å². The van der Waals surface area contributed by atoms with Crippen molar-refractivity contribution in [1.82, 2.24) is 9.97 Å². The maximum atomic E-state index is 10.2. The molecule has 2 N–H and O–H groups in total. The summed E-state index contributed by atoms with van der Waals surface area (Å²) in [5.41, 5.74) is -0.855. The van der Waals surface area contributed by atoms with Crippen LogP contribution in [0.3, 0.4) is 0 Å². The standard InChI is InChI=1S/C4H4N2O2.F2/c7-3-1-2-5-4(8)6-3;1-2/h1-2H,(H2,5,6,7,8);. The molecule has 0 aliphatic carbocycles. The van der Waals surface area contributed by atoms with Gasteiger partial charge in [0, 0.05) is 21.4 Å². The van der Waals surface area contributed by atoms with Gasteiger partial charge in [-0.15, -0.1) is 0 Å². The average Bonchev–Trinajstić information content (AvgIpc) is 1.91. The SMILES string of the molecule is FF.O=c1cc[nH]c(=O)[nH]1. The zero-order chi connectivity index (χ0) is 7.98. The van der Waals surface area contributed by atoms with Crippen molar-refractivity contribution in [2.45, 2.75) is 0 Å². The van der Waals surface area contributed by atoms with Crippen molar-refractivity contribution in [3.63, 3.8) is 0 Å². The molecular formula is C4H4F2N2O2.